The minimum absolute atomic E-state index is 0.766. The van der Waals surface area contributed by atoms with E-state index in [0.29, 0.717) is 0 Å². The molecule has 2 nitrogen and oxygen atoms in total. The molecule has 2 fully saturated rings. The van der Waals surface area contributed by atoms with Gasteiger partial charge >= 0.3 is 0 Å². The van der Waals surface area contributed by atoms with Crippen molar-refractivity contribution < 1.29 is 0 Å². The van der Waals surface area contributed by atoms with E-state index in [1.807, 2.05) is 0 Å². The molecule has 2 heteroatoms. The highest BCUT2D eigenvalue weighted by molar-refractivity contribution is 4.88. The van der Waals surface area contributed by atoms with Crippen LogP contribution in [0.4, 0.5) is 0 Å². The van der Waals surface area contributed by atoms with Gasteiger partial charge in [-0.1, -0.05) is 40.0 Å². The molecule has 0 aromatic carbocycles. The van der Waals surface area contributed by atoms with E-state index >= 15 is 0 Å². The van der Waals surface area contributed by atoms with Crippen molar-refractivity contribution in [2.24, 2.45) is 11.8 Å². The summed E-state index contributed by atoms with van der Waals surface area (Å²) in [6, 6.07) is 1.66. The number of likely N-dealkylation sites (tertiary alicyclic amines) is 1. The second kappa shape index (κ2) is 7.64. The predicted molar refractivity (Wildman–Crippen MR) is 83.5 cm³/mol. The first kappa shape index (κ1) is 15.3. The van der Waals surface area contributed by atoms with E-state index in [2.05, 4.69) is 31.0 Å². The lowest BCUT2D eigenvalue weighted by atomic mass is 9.82. The Morgan fingerprint density at radius 2 is 2.00 bits per heavy atom. The van der Waals surface area contributed by atoms with Crippen LogP contribution in [0.1, 0.15) is 65.7 Å². The SMILES string of the molecule is CCCNC1CCN(C2CCCC(CC)C2)CC1C. The number of piperidine rings is 1. The van der Waals surface area contributed by atoms with Crippen LogP contribution in [0.2, 0.25) is 0 Å². The number of rotatable bonds is 5. The van der Waals surface area contributed by atoms with Crippen molar-refractivity contribution in [3.05, 3.63) is 0 Å². The summed E-state index contributed by atoms with van der Waals surface area (Å²) in [6.45, 7) is 10.9. The molecular formula is C17H34N2. The number of nitrogens with one attached hydrogen (secondary N) is 1. The van der Waals surface area contributed by atoms with E-state index in [9.17, 15) is 0 Å². The molecule has 0 spiro atoms. The predicted octanol–water partition coefficient (Wildman–Crippen LogP) is 3.67. The summed E-state index contributed by atoms with van der Waals surface area (Å²) in [7, 11) is 0. The van der Waals surface area contributed by atoms with Crippen LogP contribution in [0.15, 0.2) is 0 Å². The monoisotopic (exact) mass is 266 g/mol. The normalized spacial score (nSPS) is 37.4. The van der Waals surface area contributed by atoms with Gasteiger partial charge in [-0.05, 0) is 50.6 Å². The van der Waals surface area contributed by atoms with Gasteiger partial charge in [-0.25, -0.2) is 0 Å². The van der Waals surface area contributed by atoms with Gasteiger partial charge in [0.2, 0.25) is 0 Å². The fourth-order valence-electron chi connectivity index (χ4n) is 4.11. The Balaban J connectivity index is 1.80. The molecule has 112 valence electrons. The quantitative estimate of drug-likeness (QED) is 0.817. The molecule has 1 N–H and O–H groups in total. The van der Waals surface area contributed by atoms with Crippen LogP contribution in [-0.4, -0.2) is 36.6 Å². The van der Waals surface area contributed by atoms with Gasteiger partial charge in [0.25, 0.3) is 0 Å². The summed E-state index contributed by atoms with van der Waals surface area (Å²) in [5.41, 5.74) is 0. The molecule has 2 rings (SSSR count). The molecule has 1 aliphatic heterocycles. The third kappa shape index (κ3) is 4.19. The lowest BCUT2D eigenvalue weighted by molar-refractivity contribution is 0.0694. The second-order valence-electron chi connectivity index (χ2n) is 6.92. The summed E-state index contributed by atoms with van der Waals surface area (Å²) in [5.74, 6) is 1.83. The largest absolute Gasteiger partial charge is 0.314 e. The van der Waals surface area contributed by atoms with Crippen LogP contribution >= 0.6 is 0 Å². The highest BCUT2D eigenvalue weighted by atomic mass is 15.2. The zero-order valence-electron chi connectivity index (χ0n) is 13.3. The first-order valence-electron chi connectivity index (χ1n) is 8.72. The van der Waals surface area contributed by atoms with Crippen molar-refractivity contribution in [1.82, 2.24) is 10.2 Å². The van der Waals surface area contributed by atoms with Gasteiger partial charge in [0, 0.05) is 18.6 Å². The van der Waals surface area contributed by atoms with Gasteiger partial charge in [0.15, 0.2) is 0 Å². The first-order chi connectivity index (χ1) is 9.24. The zero-order valence-corrected chi connectivity index (χ0v) is 13.3. The van der Waals surface area contributed by atoms with Crippen LogP contribution in [0.5, 0.6) is 0 Å². The van der Waals surface area contributed by atoms with E-state index in [1.54, 1.807) is 0 Å². The van der Waals surface area contributed by atoms with Crippen LogP contribution in [0.3, 0.4) is 0 Å². The maximum Gasteiger partial charge on any atom is 0.0117 e. The minimum atomic E-state index is 0.766. The van der Waals surface area contributed by atoms with Gasteiger partial charge < -0.3 is 5.32 Å². The summed E-state index contributed by atoms with van der Waals surface area (Å²) in [6.07, 6.45) is 9.87. The van der Waals surface area contributed by atoms with Crippen LogP contribution in [0.25, 0.3) is 0 Å². The molecule has 0 bridgehead atoms. The van der Waals surface area contributed by atoms with Gasteiger partial charge in [-0.2, -0.15) is 0 Å². The van der Waals surface area contributed by atoms with E-state index in [-0.39, 0.29) is 0 Å². The molecule has 0 amide bonds. The van der Waals surface area contributed by atoms with E-state index in [4.69, 9.17) is 0 Å². The molecule has 1 heterocycles. The fourth-order valence-corrected chi connectivity index (χ4v) is 4.11. The van der Waals surface area contributed by atoms with E-state index in [1.165, 1.54) is 64.6 Å². The summed E-state index contributed by atoms with van der Waals surface area (Å²) in [4.78, 5) is 2.82. The maximum absolute atomic E-state index is 3.74. The molecule has 4 atom stereocenters. The highest BCUT2D eigenvalue weighted by Gasteiger charge is 2.31. The number of hydrogen-bond donors (Lipinski definition) is 1. The third-order valence-corrected chi connectivity index (χ3v) is 5.44. The average molecular weight is 266 g/mol. The topological polar surface area (TPSA) is 15.3 Å². The third-order valence-electron chi connectivity index (χ3n) is 5.44. The molecule has 0 radical (unpaired) electrons. The van der Waals surface area contributed by atoms with Gasteiger partial charge in [0.05, 0.1) is 0 Å². The molecule has 19 heavy (non-hydrogen) atoms. The molecule has 2 aliphatic rings. The number of hydrogen-bond acceptors (Lipinski definition) is 2. The summed E-state index contributed by atoms with van der Waals surface area (Å²) in [5, 5.41) is 3.74. The van der Waals surface area contributed by atoms with Crippen LogP contribution in [-0.2, 0) is 0 Å². The van der Waals surface area contributed by atoms with Crippen molar-refractivity contribution >= 4 is 0 Å². The Morgan fingerprint density at radius 3 is 2.68 bits per heavy atom. The highest BCUT2D eigenvalue weighted by Crippen LogP contribution is 2.32. The van der Waals surface area contributed by atoms with Crippen LogP contribution in [0, 0.1) is 11.8 Å². The first-order valence-corrected chi connectivity index (χ1v) is 8.72. The Labute approximate surface area is 120 Å². The van der Waals surface area contributed by atoms with Crippen molar-refractivity contribution in [3.8, 4) is 0 Å². The smallest absolute Gasteiger partial charge is 0.0117 e. The van der Waals surface area contributed by atoms with Crippen molar-refractivity contribution in [3.63, 3.8) is 0 Å². The van der Waals surface area contributed by atoms with Crippen molar-refractivity contribution in [1.29, 1.82) is 0 Å². The molecule has 4 unspecified atom stereocenters. The lowest BCUT2D eigenvalue weighted by Crippen LogP contribution is -2.52. The van der Waals surface area contributed by atoms with Gasteiger partial charge in [-0.3, -0.25) is 4.90 Å². The summed E-state index contributed by atoms with van der Waals surface area (Å²) >= 11 is 0. The van der Waals surface area contributed by atoms with Crippen molar-refractivity contribution in [2.75, 3.05) is 19.6 Å². The Hall–Kier alpha value is -0.0800. The van der Waals surface area contributed by atoms with Crippen molar-refractivity contribution in [2.45, 2.75) is 77.8 Å². The molecular weight excluding hydrogens is 232 g/mol. The lowest BCUT2D eigenvalue weighted by Gasteiger charge is -2.44. The molecule has 1 saturated heterocycles. The Bertz CT molecular complexity index is 254. The van der Waals surface area contributed by atoms with Gasteiger partial charge in [-0.15, -0.1) is 0 Å². The fraction of sp³-hybridized carbons (Fsp3) is 1.00. The average Bonchev–Trinajstić information content (AvgIpc) is 2.46. The molecule has 1 aliphatic carbocycles. The summed E-state index contributed by atoms with van der Waals surface area (Å²) < 4.78 is 0. The van der Waals surface area contributed by atoms with E-state index < -0.39 is 0 Å². The Kier molecular flexibility index (Phi) is 6.15. The zero-order chi connectivity index (χ0) is 13.7. The standard InChI is InChI=1S/C17H34N2/c1-4-10-18-17-9-11-19(13-14(17)3)16-8-6-7-15(5-2)12-16/h14-18H,4-13H2,1-3H3. The van der Waals surface area contributed by atoms with Gasteiger partial charge in [0.1, 0.15) is 0 Å². The minimum Gasteiger partial charge on any atom is -0.314 e. The van der Waals surface area contributed by atoms with E-state index in [0.717, 1.165) is 23.9 Å². The Morgan fingerprint density at radius 1 is 1.16 bits per heavy atom. The van der Waals surface area contributed by atoms with Crippen LogP contribution < -0.4 is 5.32 Å². The number of nitrogens with zero attached hydrogens (tertiary/aromatic N) is 1. The second-order valence-corrected chi connectivity index (χ2v) is 6.92. The maximum atomic E-state index is 3.74. The molecule has 1 saturated carbocycles. The molecule has 0 aromatic heterocycles. The molecule has 0 aromatic rings.